The van der Waals surface area contributed by atoms with Crippen molar-refractivity contribution in [3.05, 3.63) is 45.6 Å². The molecule has 0 bridgehead atoms. The normalized spacial score (nSPS) is 10.8. The molecular weight excluding hydrogens is 304 g/mol. The number of hydrogen-bond donors (Lipinski definition) is 2. The Balaban J connectivity index is 1.91. The summed E-state index contributed by atoms with van der Waals surface area (Å²) in [5.74, 6) is 1.48. The van der Waals surface area contributed by atoms with Crippen LogP contribution < -0.4 is 10.6 Å². The maximum atomic E-state index is 5.96. The first kappa shape index (κ1) is 14.1. The minimum atomic E-state index is 0.642. The van der Waals surface area contributed by atoms with Crippen LogP contribution in [0, 0.1) is 0 Å². The van der Waals surface area contributed by atoms with Crippen LogP contribution in [0.15, 0.2) is 36.4 Å². The SMILES string of the molecule is CCNc1nc(NCc2ccc(Cl)s2)c2ccccc2n1. The van der Waals surface area contributed by atoms with Gasteiger partial charge in [0.15, 0.2) is 0 Å². The predicted molar refractivity (Wildman–Crippen MR) is 90.4 cm³/mol. The average Bonchev–Trinajstić information content (AvgIpc) is 2.91. The lowest BCUT2D eigenvalue weighted by Crippen LogP contribution is -2.07. The van der Waals surface area contributed by atoms with Crippen LogP contribution in [-0.2, 0) is 6.54 Å². The first-order valence-corrected chi connectivity index (χ1v) is 7.94. The molecule has 2 heterocycles. The standard InChI is InChI=1S/C15H15ClN4S/c1-2-17-15-19-12-6-4-3-5-11(12)14(20-15)18-9-10-7-8-13(16)21-10/h3-8H,2,9H2,1H3,(H2,17,18,19,20). The minimum Gasteiger partial charge on any atom is -0.364 e. The number of nitrogens with one attached hydrogen (secondary N) is 2. The maximum absolute atomic E-state index is 5.96. The second kappa shape index (κ2) is 6.28. The summed E-state index contributed by atoms with van der Waals surface area (Å²) in [7, 11) is 0. The smallest absolute Gasteiger partial charge is 0.225 e. The van der Waals surface area contributed by atoms with Gasteiger partial charge >= 0.3 is 0 Å². The van der Waals surface area contributed by atoms with Crippen LogP contribution in [0.3, 0.4) is 0 Å². The van der Waals surface area contributed by atoms with E-state index in [-0.39, 0.29) is 0 Å². The fourth-order valence-corrected chi connectivity index (χ4v) is 3.09. The molecule has 0 aliphatic rings. The van der Waals surface area contributed by atoms with Crippen molar-refractivity contribution >= 4 is 45.6 Å². The third-order valence-electron chi connectivity index (χ3n) is 3.00. The zero-order chi connectivity index (χ0) is 14.7. The lowest BCUT2D eigenvalue weighted by atomic mass is 10.2. The zero-order valence-corrected chi connectivity index (χ0v) is 13.1. The monoisotopic (exact) mass is 318 g/mol. The summed E-state index contributed by atoms with van der Waals surface area (Å²) in [6.45, 7) is 3.52. The second-order valence-corrected chi connectivity index (χ2v) is 6.30. The molecule has 6 heteroatoms. The van der Waals surface area contributed by atoms with Gasteiger partial charge in [-0.25, -0.2) is 4.98 Å². The predicted octanol–water partition coefficient (Wildman–Crippen LogP) is 4.39. The molecule has 0 amide bonds. The van der Waals surface area contributed by atoms with Gasteiger partial charge in [0.05, 0.1) is 16.4 Å². The molecule has 1 aromatic carbocycles. The highest BCUT2D eigenvalue weighted by atomic mass is 35.5. The third kappa shape index (κ3) is 3.25. The highest BCUT2D eigenvalue weighted by Crippen LogP contribution is 2.25. The van der Waals surface area contributed by atoms with Gasteiger partial charge in [-0.2, -0.15) is 4.98 Å². The van der Waals surface area contributed by atoms with Gasteiger partial charge in [0.25, 0.3) is 0 Å². The Morgan fingerprint density at radius 3 is 2.71 bits per heavy atom. The molecule has 21 heavy (non-hydrogen) atoms. The molecule has 4 nitrogen and oxygen atoms in total. The summed E-state index contributed by atoms with van der Waals surface area (Å²) in [6.07, 6.45) is 0. The number of benzene rings is 1. The van der Waals surface area contributed by atoms with Crippen molar-refractivity contribution in [1.29, 1.82) is 0 Å². The van der Waals surface area contributed by atoms with E-state index in [0.29, 0.717) is 12.5 Å². The van der Waals surface area contributed by atoms with Crippen molar-refractivity contribution in [2.75, 3.05) is 17.2 Å². The van der Waals surface area contributed by atoms with Crippen LogP contribution in [-0.4, -0.2) is 16.5 Å². The molecule has 0 radical (unpaired) electrons. The molecule has 0 aliphatic carbocycles. The van der Waals surface area contributed by atoms with E-state index in [1.165, 1.54) is 4.88 Å². The molecule has 0 atom stereocenters. The highest BCUT2D eigenvalue weighted by molar-refractivity contribution is 7.16. The third-order valence-corrected chi connectivity index (χ3v) is 4.23. The number of rotatable bonds is 5. The molecule has 0 spiro atoms. The first-order valence-electron chi connectivity index (χ1n) is 6.75. The van der Waals surface area contributed by atoms with Crippen molar-refractivity contribution in [3.63, 3.8) is 0 Å². The molecule has 2 aromatic heterocycles. The molecular formula is C15H15ClN4S. The molecule has 0 aliphatic heterocycles. The number of fused-ring (bicyclic) bond motifs is 1. The minimum absolute atomic E-state index is 0.642. The lowest BCUT2D eigenvalue weighted by molar-refractivity contribution is 1.08. The van der Waals surface area contributed by atoms with E-state index >= 15 is 0 Å². The van der Waals surface area contributed by atoms with Crippen LogP contribution in [0.25, 0.3) is 10.9 Å². The van der Waals surface area contributed by atoms with E-state index in [1.807, 2.05) is 43.3 Å². The van der Waals surface area contributed by atoms with Gasteiger partial charge in [0.2, 0.25) is 5.95 Å². The Morgan fingerprint density at radius 1 is 1.10 bits per heavy atom. The van der Waals surface area contributed by atoms with Crippen LogP contribution >= 0.6 is 22.9 Å². The van der Waals surface area contributed by atoms with Crippen molar-refractivity contribution in [2.45, 2.75) is 13.5 Å². The topological polar surface area (TPSA) is 49.8 Å². The fraction of sp³-hybridized carbons (Fsp3) is 0.200. The van der Waals surface area contributed by atoms with Gasteiger partial charge in [-0.15, -0.1) is 11.3 Å². The molecule has 0 saturated carbocycles. The fourth-order valence-electron chi connectivity index (χ4n) is 2.07. The van der Waals surface area contributed by atoms with Gasteiger partial charge < -0.3 is 10.6 Å². The zero-order valence-electron chi connectivity index (χ0n) is 11.6. The number of para-hydroxylation sites is 1. The lowest BCUT2D eigenvalue weighted by Gasteiger charge is -2.10. The van der Waals surface area contributed by atoms with Gasteiger partial charge in [0.1, 0.15) is 5.82 Å². The summed E-state index contributed by atoms with van der Waals surface area (Å²) in [5.41, 5.74) is 0.926. The molecule has 2 N–H and O–H groups in total. The number of aromatic nitrogens is 2. The molecule has 3 rings (SSSR count). The van der Waals surface area contributed by atoms with E-state index in [9.17, 15) is 0 Å². The van der Waals surface area contributed by atoms with Gasteiger partial charge in [0, 0.05) is 16.8 Å². The Morgan fingerprint density at radius 2 is 1.95 bits per heavy atom. The van der Waals surface area contributed by atoms with Crippen molar-refractivity contribution in [2.24, 2.45) is 0 Å². The van der Waals surface area contributed by atoms with Crippen LogP contribution in [0.1, 0.15) is 11.8 Å². The number of nitrogens with zero attached hydrogens (tertiary/aromatic N) is 2. The first-order chi connectivity index (χ1) is 10.3. The average molecular weight is 319 g/mol. The molecule has 3 aromatic rings. The van der Waals surface area contributed by atoms with Crippen molar-refractivity contribution < 1.29 is 0 Å². The Bertz CT molecular complexity index is 756. The van der Waals surface area contributed by atoms with E-state index < -0.39 is 0 Å². The number of halogens is 1. The van der Waals surface area contributed by atoms with Crippen molar-refractivity contribution in [1.82, 2.24) is 9.97 Å². The summed E-state index contributed by atoms with van der Waals surface area (Å²) in [6, 6.07) is 11.9. The van der Waals surface area contributed by atoms with Crippen LogP contribution in [0.4, 0.5) is 11.8 Å². The maximum Gasteiger partial charge on any atom is 0.225 e. The molecule has 0 unspecified atom stereocenters. The molecule has 108 valence electrons. The van der Waals surface area contributed by atoms with Gasteiger partial charge in [-0.1, -0.05) is 23.7 Å². The van der Waals surface area contributed by atoms with E-state index in [0.717, 1.165) is 27.6 Å². The van der Waals surface area contributed by atoms with Gasteiger partial charge in [-0.3, -0.25) is 0 Å². The second-order valence-electron chi connectivity index (χ2n) is 4.50. The number of thiophene rings is 1. The van der Waals surface area contributed by atoms with Gasteiger partial charge in [-0.05, 0) is 31.2 Å². The quantitative estimate of drug-likeness (QED) is 0.732. The van der Waals surface area contributed by atoms with Crippen LogP contribution in [0.2, 0.25) is 4.34 Å². The number of anilines is 2. The van der Waals surface area contributed by atoms with E-state index in [1.54, 1.807) is 11.3 Å². The van der Waals surface area contributed by atoms with Crippen molar-refractivity contribution in [3.8, 4) is 0 Å². The highest BCUT2D eigenvalue weighted by Gasteiger charge is 2.07. The summed E-state index contributed by atoms with van der Waals surface area (Å²) >= 11 is 7.53. The van der Waals surface area contributed by atoms with Crippen LogP contribution in [0.5, 0.6) is 0 Å². The van der Waals surface area contributed by atoms with E-state index in [4.69, 9.17) is 11.6 Å². The summed E-state index contributed by atoms with van der Waals surface area (Å²) in [4.78, 5) is 10.2. The summed E-state index contributed by atoms with van der Waals surface area (Å²) in [5, 5.41) is 7.55. The molecule has 0 fully saturated rings. The van der Waals surface area contributed by atoms with E-state index in [2.05, 4.69) is 20.6 Å². The summed E-state index contributed by atoms with van der Waals surface area (Å²) < 4.78 is 0.799. The largest absolute Gasteiger partial charge is 0.364 e. The Kier molecular flexibility index (Phi) is 4.22. The number of hydrogen-bond acceptors (Lipinski definition) is 5. The Labute approximate surface area is 132 Å². The Hall–Kier alpha value is -1.85. The molecule has 0 saturated heterocycles.